The highest BCUT2D eigenvalue weighted by Crippen LogP contribution is 2.14. The van der Waals surface area contributed by atoms with Crippen LogP contribution in [0.1, 0.15) is 77.0 Å². The first-order valence-electron chi connectivity index (χ1n) is 43.4. The van der Waals surface area contributed by atoms with Gasteiger partial charge in [0.25, 0.3) is 0 Å². The summed E-state index contributed by atoms with van der Waals surface area (Å²) in [5.74, 6) is -8.38. The van der Waals surface area contributed by atoms with Crippen LogP contribution in [0.2, 0.25) is 0 Å². The van der Waals surface area contributed by atoms with Gasteiger partial charge in [-0.2, -0.15) is 0 Å². The van der Waals surface area contributed by atoms with Crippen molar-refractivity contribution in [2.75, 3.05) is 303 Å². The number of amides is 12. The Bertz CT molecular complexity index is 2660. The van der Waals surface area contributed by atoms with E-state index in [9.17, 15) is 180 Å². The number of nitrogens with one attached hydrogen (secondary N) is 12. The summed E-state index contributed by atoms with van der Waals surface area (Å²) >= 11 is 0. The van der Waals surface area contributed by atoms with Crippen LogP contribution in [0, 0.1) is 0 Å². The molecule has 0 spiro atoms. The molecule has 12 amide bonds. The van der Waals surface area contributed by atoms with Crippen molar-refractivity contribution in [1.82, 2.24) is 93.2 Å². The van der Waals surface area contributed by atoms with E-state index in [2.05, 4.69) is 63.8 Å². The van der Waals surface area contributed by atoms with Crippen LogP contribution in [0.3, 0.4) is 0 Å². The largest absolute Gasteiger partial charge is 0.394 e. The number of aliphatic hydroxyl groups excluding tert-OH is 24. The lowest BCUT2D eigenvalue weighted by atomic mass is 10.0. The normalized spacial score (nSPS) is 12.5. The van der Waals surface area contributed by atoms with Crippen LogP contribution < -0.4 is 63.8 Å². The van der Waals surface area contributed by atoms with E-state index in [1.807, 2.05) is 0 Å². The first-order valence-corrected chi connectivity index (χ1v) is 43.4. The van der Waals surface area contributed by atoms with Crippen molar-refractivity contribution in [2.45, 2.75) is 121 Å². The summed E-state index contributed by atoms with van der Waals surface area (Å²) in [5, 5.41) is 266. The zero-order chi connectivity index (χ0) is 99.9. The van der Waals surface area contributed by atoms with Crippen molar-refractivity contribution in [3.63, 3.8) is 0 Å². The number of aliphatic hydroxyl groups is 24. The van der Waals surface area contributed by atoms with Gasteiger partial charge < -0.3 is 216 Å². The molecule has 0 saturated carbocycles. The average Bonchev–Trinajstić information content (AvgIpc) is 0.899. The molecule has 0 fully saturated rings. The highest BCUT2D eigenvalue weighted by molar-refractivity contribution is 5.82. The summed E-state index contributed by atoms with van der Waals surface area (Å²) in [4.78, 5) is 171. The number of hydrogen-bond acceptors (Lipinski definition) is 42. The van der Waals surface area contributed by atoms with Gasteiger partial charge in [-0.3, -0.25) is 57.5 Å². The summed E-state index contributed by atoms with van der Waals surface area (Å²) in [6, 6.07) is 0. The monoisotopic (exact) mass is 1920 g/mol. The molecule has 36 N–H and O–H groups in total. The lowest BCUT2D eigenvalue weighted by Gasteiger charge is -2.30. The van der Waals surface area contributed by atoms with Crippen LogP contribution in [-0.2, 0) is 57.5 Å². The second-order valence-corrected chi connectivity index (χ2v) is 32.9. The summed E-state index contributed by atoms with van der Waals surface area (Å²) in [6.45, 7) is -23.0. The number of carbonyl (C=O) groups excluding carboxylic acids is 12. The Morgan fingerprint density at radius 3 is 0.326 bits per heavy atom. The van der Waals surface area contributed by atoms with Crippen LogP contribution >= 0.6 is 0 Å². The quantitative estimate of drug-likeness (QED) is 0.0269. The van der Waals surface area contributed by atoms with E-state index in [-0.39, 0.29) is 221 Å². The number of nitrogens with zero attached hydrogens (tertiary/aromatic N) is 6. The van der Waals surface area contributed by atoms with Crippen molar-refractivity contribution < 1.29 is 180 Å². The van der Waals surface area contributed by atoms with E-state index in [0.29, 0.717) is 0 Å². The van der Waals surface area contributed by atoms with Gasteiger partial charge in [-0.25, -0.2) is 0 Å². The zero-order valence-electron chi connectivity index (χ0n) is 75.3. The van der Waals surface area contributed by atoms with Crippen molar-refractivity contribution in [3.8, 4) is 0 Å². The van der Waals surface area contributed by atoms with E-state index >= 15 is 0 Å². The molecule has 770 valence electrons. The zero-order valence-corrected chi connectivity index (χ0v) is 75.3. The molecule has 0 saturated heterocycles. The van der Waals surface area contributed by atoms with E-state index in [4.69, 9.17) is 0 Å². The van der Waals surface area contributed by atoms with Crippen LogP contribution in [0.25, 0.3) is 0 Å². The predicted octanol–water partition coefficient (Wildman–Crippen LogP) is -21.4. The van der Waals surface area contributed by atoms with Gasteiger partial charge in [-0.05, 0) is 0 Å². The van der Waals surface area contributed by atoms with Crippen LogP contribution in [0.15, 0.2) is 0 Å². The Hall–Kier alpha value is -7.56. The third-order valence-electron chi connectivity index (χ3n) is 22.1. The lowest BCUT2D eigenvalue weighted by molar-refractivity contribution is -0.127. The van der Waals surface area contributed by atoms with Crippen LogP contribution in [0.4, 0.5) is 0 Å². The van der Waals surface area contributed by atoms with E-state index in [1.54, 1.807) is 29.4 Å². The van der Waals surface area contributed by atoms with Gasteiger partial charge in [0.1, 0.15) is 44.3 Å². The average molecular weight is 1920 g/mol. The molecular formula is C78H152N18O36. The molecule has 0 aromatic heterocycles. The molecule has 132 heavy (non-hydrogen) atoms. The molecule has 0 aromatic carbocycles. The Kier molecular flexibility index (Phi) is 64.5. The SMILES string of the molecule is O=C(CCN(CCC(=O)NCCN(CCC(=O)NC(CO)(CO)CO)CCC(=O)NC(CO)(CO)CO)CCN(CCC(=O)NCCN(CCC(=O)NC(CO)(CO)CO)CCC(=O)NC(CO)(CO)CO)CCC(=O)NCCN(CCC(=O)NC(CO)(CO)CO)CCC(=O)NC(CO)(CO)CO)NCCN(CCC(=O)NC(CO)(CO)CO)CCC(=O)NC(CO)(CO)CO. The molecule has 0 radical (unpaired) electrons. The van der Waals surface area contributed by atoms with Crippen molar-refractivity contribution >= 4 is 70.9 Å². The molecule has 0 aliphatic heterocycles. The molecular weight excluding hydrogens is 1760 g/mol. The Morgan fingerprint density at radius 2 is 0.227 bits per heavy atom. The molecule has 0 aromatic rings. The summed E-state index contributed by atoms with van der Waals surface area (Å²) < 4.78 is 0. The highest BCUT2D eigenvalue weighted by Gasteiger charge is 2.38. The smallest absolute Gasteiger partial charge is 0.221 e. The fourth-order valence-electron chi connectivity index (χ4n) is 12.2. The molecule has 0 aliphatic carbocycles. The maximum absolute atomic E-state index is 14.0. The number of rotatable bonds is 83. The molecule has 54 nitrogen and oxygen atoms in total. The van der Waals surface area contributed by atoms with Gasteiger partial charge in [-0.1, -0.05) is 0 Å². The van der Waals surface area contributed by atoms with Gasteiger partial charge >= 0.3 is 0 Å². The van der Waals surface area contributed by atoms with Gasteiger partial charge in [0.15, 0.2) is 0 Å². The van der Waals surface area contributed by atoms with E-state index in [1.165, 1.54) is 0 Å². The van der Waals surface area contributed by atoms with E-state index < -0.39 is 274 Å². The van der Waals surface area contributed by atoms with Crippen molar-refractivity contribution in [1.29, 1.82) is 0 Å². The minimum absolute atomic E-state index is 0.0352. The second-order valence-electron chi connectivity index (χ2n) is 32.9. The van der Waals surface area contributed by atoms with Crippen molar-refractivity contribution in [3.05, 3.63) is 0 Å². The number of hydrogen-bond donors (Lipinski definition) is 36. The standard InChI is InChI=1S/C78H152N18O36/c97-35-71(36-98,37-99)83-63(125)5-21-91(22-6-64(126)84-72(38-100,39-101)40-102)29-13-79-59(121)1-17-95(18-2-60(122)80-14-30-92(23-7-65(127)85-73(41-103,42-104)43-105)24-8-66(128)86-74(44-106,45-107)46-108)33-34-96(19-3-61(123)81-15-31-93(25-9-67(129)87-75(47-109,48-110)49-111)26-10-68(130)88-76(50-112,51-113)52-114)20-4-62(124)82-16-32-94(27-11-69(131)89-77(53-115,54-116)55-117)28-12-70(132)90-78(56-118,57-119)58-120/h97-120H,1-58H2,(H,79,121)(H,80,122)(H,81,123)(H,82,124)(H,83,125)(H,84,126)(H,85,127)(H,86,128)(H,87,129)(H,88,130)(H,89,131)(H,90,132). The van der Waals surface area contributed by atoms with Gasteiger partial charge in [0.05, 0.1) is 159 Å². The minimum atomic E-state index is -1.81. The molecule has 0 atom stereocenters. The molecule has 0 aliphatic rings. The second kappa shape index (κ2) is 68.4. The topological polar surface area (TPSA) is 854 Å². The fraction of sp³-hybridized carbons (Fsp3) is 0.846. The third-order valence-corrected chi connectivity index (χ3v) is 22.1. The minimum Gasteiger partial charge on any atom is -0.394 e. The Morgan fingerprint density at radius 1 is 0.136 bits per heavy atom. The molecule has 0 rings (SSSR count). The van der Waals surface area contributed by atoms with E-state index in [0.717, 1.165) is 0 Å². The van der Waals surface area contributed by atoms with Crippen LogP contribution in [0.5, 0.6) is 0 Å². The molecule has 0 heterocycles. The summed E-state index contributed by atoms with van der Waals surface area (Å²) in [5.41, 5.74) is -14.5. The molecule has 0 bridgehead atoms. The van der Waals surface area contributed by atoms with Gasteiger partial charge in [0, 0.05) is 221 Å². The van der Waals surface area contributed by atoms with Gasteiger partial charge in [0.2, 0.25) is 70.9 Å². The molecule has 54 heteroatoms. The van der Waals surface area contributed by atoms with Crippen LogP contribution in [-0.4, -0.2) is 570 Å². The Balaban J connectivity index is 7.87. The maximum Gasteiger partial charge on any atom is 0.221 e. The summed E-state index contributed by atoms with van der Waals surface area (Å²) in [7, 11) is 0. The first-order chi connectivity index (χ1) is 62.9. The van der Waals surface area contributed by atoms with Crippen molar-refractivity contribution in [2.24, 2.45) is 0 Å². The first kappa shape index (κ1) is 124. The predicted molar refractivity (Wildman–Crippen MR) is 463 cm³/mol. The third kappa shape index (κ3) is 48.3. The fourth-order valence-corrected chi connectivity index (χ4v) is 12.2. The maximum atomic E-state index is 14.0. The summed E-state index contributed by atoms with van der Waals surface area (Å²) in [6.07, 6.45) is -4.03. The lowest BCUT2D eigenvalue weighted by Crippen LogP contribution is -2.57. The van der Waals surface area contributed by atoms with Gasteiger partial charge in [-0.15, -0.1) is 0 Å². The number of carbonyl (C=O) groups is 12. The highest BCUT2D eigenvalue weighted by atomic mass is 16.3. The Labute approximate surface area is 765 Å². The molecule has 0 unspecified atom stereocenters.